The summed E-state index contributed by atoms with van der Waals surface area (Å²) in [4.78, 5) is 4.84. The molecule has 1 aromatic heterocycles. The minimum absolute atomic E-state index is 0.181. The molecular formula is C19H22BrN3. The molecule has 3 nitrogen and oxygen atoms in total. The first-order valence-corrected chi connectivity index (χ1v) is 8.86. The van der Waals surface area contributed by atoms with E-state index >= 15 is 0 Å². The van der Waals surface area contributed by atoms with Gasteiger partial charge in [0.25, 0.3) is 0 Å². The van der Waals surface area contributed by atoms with Crippen LogP contribution >= 0.6 is 15.9 Å². The maximum Gasteiger partial charge on any atom is 0.126 e. The lowest BCUT2D eigenvalue weighted by molar-refractivity contribution is 0.463. The maximum atomic E-state index is 4.84. The molecule has 0 aliphatic heterocycles. The van der Waals surface area contributed by atoms with Crippen molar-refractivity contribution in [2.24, 2.45) is 0 Å². The molecule has 0 fully saturated rings. The van der Waals surface area contributed by atoms with E-state index in [1.54, 1.807) is 0 Å². The molecule has 120 valence electrons. The fourth-order valence-corrected chi connectivity index (χ4v) is 3.32. The quantitative estimate of drug-likeness (QED) is 0.665. The zero-order valence-corrected chi connectivity index (χ0v) is 15.3. The van der Waals surface area contributed by atoms with Gasteiger partial charge in [0.05, 0.1) is 17.1 Å². The van der Waals surface area contributed by atoms with Gasteiger partial charge in [-0.2, -0.15) is 0 Å². The van der Waals surface area contributed by atoms with E-state index in [2.05, 4.69) is 89.0 Å². The first-order chi connectivity index (χ1) is 11.1. The molecule has 3 aromatic rings. The van der Waals surface area contributed by atoms with Gasteiger partial charge >= 0.3 is 0 Å². The summed E-state index contributed by atoms with van der Waals surface area (Å²) in [5, 5.41) is 3.67. The van der Waals surface area contributed by atoms with Crippen LogP contribution in [-0.2, 0) is 6.54 Å². The molecule has 23 heavy (non-hydrogen) atoms. The van der Waals surface area contributed by atoms with Gasteiger partial charge in [-0.25, -0.2) is 4.98 Å². The number of hydrogen-bond acceptors (Lipinski definition) is 2. The summed E-state index contributed by atoms with van der Waals surface area (Å²) >= 11 is 3.49. The predicted molar refractivity (Wildman–Crippen MR) is 99.5 cm³/mol. The molecule has 2 aromatic carbocycles. The first kappa shape index (κ1) is 16.2. The van der Waals surface area contributed by atoms with Crippen LogP contribution in [0.1, 0.15) is 44.2 Å². The fourth-order valence-electron chi connectivity index (χ4n) is 3.05. The van der Waals surface area contributed by atoms with Crippen molar-refractivity contribution in [2.75, 3.05) is 0 Å². The number of aryl methyl sites for hydroxylation is 1. The Bertz CT molecular complexity index is 792. The highest BCUT2D eigenvalue weighted by Crippen LogP contribution is 2.24. The van der Waals surface area contributed by atoms with Crippen molar-refractivity contribution in [3.8, 4) is 0 Å². The second-order valence-electron chi connectivity index (χ2n) is 5.86. The van der Waals surface area contributed by atoms with Crippen molar-refractivity contribution in [2.45, 2.75) is 39.4 Å². The summed E-state index contributed by atoms with van der Waals surface area (Å²) in [7, 11) is 0. The highest BCUT2D eigenvalue weighted by atomic mass is 79.9. The fraction of sp³-hybridized carbons (Fsp3) is 0.316. The van der Waals surface area contributed by atoms with Gasteiger partial charge in [0.2, 0.25) is 0 Å². The summed E-state index contributed by atoms with van der Waals surface area (Å²) in [5.74, 6) is 1.10. The van der Waals surface area contributed by atoms with Gasteiger partial charge in [0.1, 0.15) is 5.82 Å². The molecule has 1 N–H and O–H groups in total. The van der Waals surface area contributed by atoms with Crippen LogP contribution in [0.15, 0.2) is 53.0 Å². The van der Waals surface area contributed by atoms with Gasteiger partial charge in [-0.05, 0) is 50.6 Å². The summed E-state index contributed by atoms with van der Waals surface area (Å²) in [6.07, 6.45) is 0. The molecular weight excluding hydrogens is 350 g/mol. The molecule has 0 amide bonds. The normalized spacial score (nSPS) is 14.1. The largest absolute Gasteiger partial charge is 0.327 e. The number of hydrogen-bond donors (Lipinski definition) is 1. The van der Waals surface area contributed by atoms with E-state index < -0.39 is 0 Å². The Hall–Kier alpha value is -1.65. The van der Waals surface area contributed by atoms with E-state index in [0.29, 0.717) is 0 Å². The van der Waals surface area contributed by atoms with Crippen LogP contribution in [-0.4, -0.2) is 9.55 Å². The number of nitrogens with zero attached hydrogens (tertiary/aromatic N) is 2. The zero-order valence-electron chi connectivity index (χ0n) is 13.8. The number of rotatable bonds is 5. The Morgan fingerprint density at radius 1 is 1.04 bits per heavy atom. The standard InChI is InChI=1S/C19H22BrN3/c1-4-23-18-8-6-5-7-17(18)22-19(23)14(3)21-13(2)15-9-11-16(20)12-10-15/h5-14,21H,4H2,1-3H3/t13-,14+/m1/s1. The molecule has 0 aliphatic carbocycles. The van der Waals surface area contributed by atoms with E-state index in [9.17, 15) is 0 Å². The lowest BCUT2D eigenvalue weighted by Gasteiger charge is -2.21. The van der Waals surface area contributed by atoms with E-state index in [1.807, 2.05) is 6.07 Å². The van der Waals surface area contributed by atoms with Gasteiger partial charge in [-0.1, -0.05) is 40.2 Å². The number of para-hydroxylation sites is 2. The minimum Gasteiger partial charge on any atom is -0.327 e. The summed E-state index contributed by atoms with van der Waals surface area (Å²) in [5.41, 5.74) is 3.54. The molecule has 0 spiro atoms. The molecule has 1 heterocycles. The number of halogens is 1. The Labute approximate surface area is 145 Å². The average Bonchev–Trinajstić information content (AvgIpc) is 2.94. The van der Waals surface area contributed by atoms with E-state index in [-0.39, 0.29) is 12.1 Å². The van der Waals surface area contributed by atoms with Crippen molar-refractivity contribution in [1.82, 2.24) is 14.9 Å². The Kier molecular flexibility index (Phi) is 4.83. The van der Waals surface area contributed by atoms with Crippen LogP contribution in [0.3, 0.4) is 0 Å². The van der Waals surface area contributed by atoms with Gasteiger partial charge < -0.3 is 9.88 Å². The van der Waals surface area contributed by atoms with Crippen molar-refractivity contribution in [3.05, 3.63) is 64.4 Å². The maximum absolute atomic E-state index is 4.84. The predicted octanol–water partition coefficient (Wildman–Crippen LogP) is 5.23. The van der Waals surface area contributed by atoms with E-state index in [1.165, 1.54) is 11.1 Å². The molecule has 0 radical (unpaired) electrons. The first-order valence-electron chi connectivity index (χ1n) is 8.06. The highest BCUT2D eigenvalue weighted by Gasteiger charge is 2.17. The lowest BCUT2D eigenvalue weighted by atomic mass is 10.1. The molecule has 0 bridgehead atoms. The Morgan fingerprint density at radius 2 is 1.74 bits per heavy atom. The molecule has 4 heteroatoms. The van der Waals surface area contributed by atoms with Crippen LogP contribution in [0.2, 0.25) is 0 Å². The number of benzene rings is 2. The number of nitrogens with one attached hydrogen (secondary N) is 1. The van der Waals surface area contributed by atoms with Crippen molar-refractivity contribution in [1.29, 1.82) is 0 Å². The smallest absolute Gasteiger partial charge is 0.126 e. The number of aromatic nitrogens is 2. The molecule has 0 aliphatic rings. The summed E-state index contributed by atoms with van der Waals surface area (Å²) in [6, 6.07) is 17.2. The van der Waals surface area contributed by atoms with E-state index in [4.69, 9.17) is 4.98 Å². The lowest BCUT2D eigenvalue weighted by Crippen LogP contribution is -2.25. The molecule has 0 unspecified atom stereocenters. The monoisotopic (exact) mass is 371 g/mol. The van der Waals surface area contributed by atoms with Gasteiger partial charge in [0.15, 0.2) is 0 Å². The van der Waals surface area contributed by atoms with Crippen molar-refractivity contribution < 1.29 is 0 Å². The molecule has 3 rings (SSSR count). The zero-order chi connectivity index (χ0) is 16.4. The topological polar surface area (TPSA) is 29.9 Å². The Balaban J connectivity index is 1.85. The number of fused-ring (bicyclic) bond motifs is 1. The SMILES string of the molecule is CCn1c([C@H](C)N[C@H](C)c2ccc(Br)cc2)nc2ccccc21. The van der Waals surface area contributed by atoms with Crippen LogP contribution in [0.5, 0.6) is 0 Å². The summed E-state index contributed by atoms with van der Waals surface area (Å²) in [6.45, 7) is 7.47. The van der Waals surface area contributed by atoms with E-state index in [0.717, 1.165) is 22.4 Å². The highest BCUT2D eigenvalue weighted by molar-refractivity contribution is 9.10. The van der Waals surface area contributed by atoms with Crippen LogP contribution < -0.4 is 5.32 Å². The second-order valence-corrected chi connectivity index (χ2v) is 6.78. The molecule has 0 saturated carbocycles. The van der Waals surface area contributed by atoms with Crippen LogP contribution in [0, 0.1) is 0 Å². The second kappa shape index (κ2) is 6.85. The minimum atomic E-state index is 0.181. The summed E-state index contributed by atoms with van der Waals surface area (Å²) < 4.78 is 3.40. The average molecular weight is 372 g/mol. The Morgan fingerprint density at radius 3 is 2.43 bits per heavy atom. The molecule has 2 atom stereocenters. The molecule has 0 saturated heterocycles. The third-order valence-corrected chi connectivity index (χ3v) is 4.79. The number of imidazole rings is 1. The third kappa shape index (κ3) is 3.33. The van der Waals surface area contributed by atoms with Crippen LogP contribution in [0.4, 0.5) is 0 Å². The van der Waals surface area contributed by atoms with Gasteiger partial charge in [-0.3, -0.25) is 0 Å². The van der Waals surface area contributed by atoms with Gasteiger partial charge in [-0.15, -0.1) is 0 Å². The van der Waals surface area contributed by atoms with Crippen molar-refractivity contribution in [3.63, 3.8) is 0 Å². The van der Waals surface area contributed by atoms with Crippen molar-refractivity contribution >= 4 is 27.0 Å². The van der Waals surface area contributed by atoms with Gasteiger partial charge in [0, 0.05) is 17.1 Å². The van der Waals surface area contributed by atoms with Crippen LogP contribution in [0.25, 0.3) is 11.0 Å². The third-order valence-electron chi connectivity index (χ3n) is 4.26.